The predicted octanol–water partition coefficient (Wildman–Crippen LogP) is 2.33. The second kappa shape index (κ2) is 14.2. The molecule has 2 amide bonds. The molecule has 242 valence electrons. The Kier molecular flexibility index (Phi) is 9.72. The Balaban J connectivity index is 1.11. The van der Waals surface area contributed by atoms with Crippen molar-refractivity contribution < 1.29 is 23.4 Å². The molecule has 0 radical (unpaired) electrons. The van der Waals surface area contributed by atoms with Crippen molar-refractivity contribution in [1.29, 1.82) is 5.26 Å². The third kappa shape index (κ3) is 7.12. The third-order valence-electron chi connectivity index (χ3n) is 8.58. The second-order valence-corrected chi connectivity index (χ2v) is 11.6. The van der Waals surface area contributed by atoms with E-state index in [4.69, 9.17) is 19.9 Å². The van der Waals surface area contributed by atoms with E-state index >= 15 is 4.39 Å². The zero-order chi connectivity index (χ0) is 32.0. The molecule has 3 aliphatic rings. The van der Waals surface area contributed by atoms with Gasteiger partial charge in [0.15, 0.2) is 17.8 Å². The number of amides is 2. The number of hydrogen-bond acceptors (Lipinski definition) is 11. The van der Waals surface area contributed by atoms with Crippen LogP contribution >= 0.6 is 0 Å². The summed E-state index contributed by atoms with van der Waals surface area (Å²) in [6.07, 6.45) is -1.94. The minimum absolute atomic E-state index is 0.0531. The van der Waals surface area contributed by atoms with E-state index < -0.39 is 12.3 Å². The fourth-order valence-electron chi connectivity index (χ4n) is 5.85. The van der Waals surface area contributed by atoms with Crippen molar-refractivity contribution in [2.75, 3.05) is 83.4 Å². The van der Waals surface area contributed by atoms with Gasteiger partial charge in [0.25, 0.3) is 0 Å². The first-order valence-corrected chi connectivity index (χ1v) is 15.5. The number of anilines is 2. The molecule has 2 atom stereocenters. The summed E-state index contributed by atoms with van der Waals surface area (Å²) in [5.74, 6) is 1.02. The van der Waals surface area contributed by atoms with Gasteiger partial charge >= 0.3 is 6.03 Å². The maximum absolute atomic E-state index is 15.0. The Bertz CT molecular complexity index is 1560. The average molecular weight is 632 g/mol. The number of ether oxygens (including phenoxy) is 3. The van der Waals surface area contributed by atoms with Crippen LogP contribution in [-0.4, -0.2) is 122 Å². The number of halogens is 1. The second-order valence-electron chi connectivity index (χ2n) is 11.6. The van der Waals surface area contributed by atoms with Gasteiger partial charge in [0.2, 0.25) is 5.95 Å². The summed E-state index contributed by atoms with van der Waals surface area (Å²) in [4.78, 5) is 31.9. The molecule has 3 saturated heterocycles. The molecule has 4 heterocycles. The zero-order valence-electron chi connectivity index (χ0n) is 25.8. The molecule has 13 nitrogen and oxygen atoms in total. The summed E-state index contributed by atoms with van der Waals surface area (Å²) in [7, 11) is 1.54. The highest BCUT2D eigenvalue weighted by molar-refractivity contribution is 5.74. The molecule has 3 fully saturated rings. The average Bonchev–Trinajstić information content (AvgIpc) is 3.05. The van der Waals surface area contributed by atoms with Crippen molar-refractivity contribution in [2.45, 2.75) is 24.7 Å². The highest BCUT2D eigenvalue weighted by atomic mass is 19.1. The molecule has 2 aromatic carbocycles. The maximum Gasteiger partial charge on any atom is 0.317 e. The third-order valence-corrected chi connectivity index (χ3v) is 8.58. The van der Waals surface area contributed by atoms with Gasteiger partial charge in [-0.15, -0.1) is 0 Å². The van der Waals surface area contributed by atoms with E-state index in [1.807, 2.05) is 12.1 Å². The lowest BCUT2D eigenvalue weighted by Gasteiger charge is -2.43. The first-order chi connectivity index (χ1) is 22.4. The number of alkyl halides is 1. The van der Waals surface area contributed by atoms with Gasteiger partial charge in [0, 0.05) is 69.6 Å². The molecule has 0 aliphatic carbocycles. The molecule has 3 aliphatic heterocycles. The summed E-state index contributed by atoms with van der Waals surface area (Å²) in [6, 6.07) is 15.3. The highest BCUT2D eigenvalue weighted by Gasteiger charge is 2.34. The number of methoxy groups -OCH3 is 1. The SMILES string of the molecule is COCCNC(=O)N1CC[C@H](Oc2ccc(-c3nc(N)nc(-c4ccc(N5CCN(C6COC6)CC5)cc4)n3)cc2C#N)[C@H](F)C1. The number of urea groups is 1. The minimum Gasteiger partial charge on any atom is -0.486 e. The lowest BCUT2D eigenvalue weighted by Crippen LogP contribution is -2.56. The van der Waals surface area contributed by atoms with Crippen LogP contribution in [0.4, 0.5) is 20.8 Å². The number of nitrogen functional groups attached to an aromatic ring is 1. The summed E-state index contributed by atoms with van der Waals surface area (Å²) in [6.45, 7) is 6.54. The van der Waals surface area contributed by atoms with Gasteiger partial charge < -0.3 is 35.1 Å². The number of rotatable bonds is 9. The number of carbonyl (C=O) groups excluding carboxylic acids is 1. The topological polar surface area (TPSA) is 155 Å². The quantitative estimate of drug-likeness (QED) is 0.334. The standard InChI is InChI=1S/C32H38FN9O4/c1-44-15-9-36-32(43)42-10-8-28(26(33)18-42)46-27-7-4-22(16-23(27)17-34)30-37-29(38-31(35)39-30)21-2-5-24(6-3-21)40-11-13-41(14-12-40)25-19-45-20-25/h2-7,16,25-26,28H,8-15,18-20H2,1H3,(H,36,43)(H2,35,37,38,39)/t26-,28+/m1/s1. The number of likely N-dealkylation sites (tertiary alicyclic amines) is 1. The van der Waals surface area contributed by atoms with E-state index in [0.717, 1.165) is 50.6 Å². The van der Waals surface area contributed by atoms with Gasteiger partial charge in [0.1, 0.15) is 17.9 Å². The van der Waals surface area contributed by atoms with Crippen molar-refractivity contribution >= 4 is 17.7 Å². The first kappa shape index (κ1) is 31.4. The Hall–Kier alpha value is -4.58. The number of hydrogen-bond donors (Lipinski definition) is 2. The summed E-state index contributed by atoms with van der Waals surface area (Å²) in [5.41, 5.74) is 8.77. The summed E-state index contributed by atoms with van der Waals surface area (Å²) < 4.78 is 31.3. The van der Waals surface area contributed by atoms with E-state index in [1.54, 1.807) is 25.3 Å². The Morgan fingerprint density at radius 2 is 1.78 bits per heavy atom. The number of carbonyl (C=O) groups is 1. The van der Waals surface area contributed by atoms with Crippen molar-refractivity contribution in [2.24, 2.45) is 0 Å². The molecular formula is C32H38FN9O4. The molecular weight excluding hydrogens is 593 g/mol. The van der Waals surface area contributed by atoms with Crippen molar-refractivity contribution in [3.05, 3.63) is 48.0 Å². The van der Waals surface area contributed by atoms with Crippen LogP contribution in [-0.2, 0) is 9.47 Å². The Labute approximate surface area is 267 Å². The summed E-state index contributed by atoms with van der Waals surface area (Å²) in [5, 5.41) is 12.6. The van der Waals surface area contributed by atoms with Gasteiger partial charge in [-0.05, 0) is 42.5 Å². The molecule has 46 heavy (non-hydrogen) atoms. The number of piperazine rings is 1. The van der Waals surface area contributed by atoms with E-state index in [1.165, 1.54) is 4.90 Å². The van der Waals surface area contributed by atoms with Gasteiger partial charge in [-0.3, -0.25) is 4.90 Å². The fourth-order valence-corrected chi connectivity index (χ4v) is 5.85. The normalized spacial score (nSPS) is 20.5. The zero-order valence-corrected chi connectivity index (χ0v) is 25.8. The number of nitriles is 1. The summed E-state index contributed by atoms with van der Waals surface area (Å²) >= 11 is 0. The van der Waals surface area contributed by atoms with Gasteiger partial charge in [-0.1, -0.05) is 0 Å². The van der Waals surface area contributed by atoms with E-state index in [9.17, 15) is 10.1 Å². The molecule has 0 saturated carbocycles. The molecule has 6 rings (SSSR count). The van der Waals surface area contributed by atoms with Gasteiger partial charge in [-0.25, -0.2) is 14.2 Å². The predicted molar refractivity (Wildman–Crippen MR) is 169 cm³/mol. The molecule has 3 aromatic rings. The van der Waals surface area contributed by atoms with Gasteiger partial charge in [0.05, 0.1) is 38.0 Å². The molecule has 1 aromatic heterocycles. The largest absolute Gasteiger partial charge is 0.486 e. The van der Waals surface area contributed by atoms with Gasteiger partial charge in [-0.2, -0.15) is 15.2 Å². The van der Waals surface area contributed by atoms with Crippen molar-refractivity contribution in [3.63, 3.8) is 0 Å². The first-order valence-electron chi connectivity index (χ1n) is 15.5. The number of nitrogens with one attached hydrogen (secondary N) is 1. The maximum atomic E-state index is 15.0. The monoisotopic (exact) mass is 631 g/mol. The molecule has 0 spiro atoms. The number of nitrogens with zero attached hydrogens (tertiary/aromatic N) is 7. The minimum atomic E-state index is -1.42. The van der Waals surface area contributed by atoms with Crippen LogP contribution in [0.2, 0.25) is 0 Å². The van der Waals surface area contributed by atoms with E-state index in [-0.39, 0.29) is 36.3 Å². The Morgan fingerprint density at radius 3 is 2.43 bits per heavy atom. The fraction of sp³-hybridized carbons (Fsp3) is 0.469. The highest BCUT2D eigenvalue weighted by Crippen LogP contribution is 2.30. The number of piperidine rings is 1. The van der Waals surface area contributed by atoms with Crippen molar-refractivity contribution in [1.82, 2.24) is 30.1 Å². The smallest absolute Gasteiger partial charge is 0.317 e. The molecule has 0 bridgehead atoms. The molecule has 3 N–H and O–H groups in total. The number of nitrogens with two attached hydrogens (primary N) is 1. The number of aromatic nitrogens is 3. The number of benzene rings is 2. The van der Waals surface area contributed by atoms with Crippen LogP contribution in [0, 0.1) is 11.3 Å². The van der Waals surface area contributed by atoms with E-state index in [0.29, 0.717) is 43.0 Å². The van der Waals surface area contributed by atoms with Crippen LogP contribution in [0.15, 0.2) is 42.5 Å². The molecule has 14 heteroatoms. The molecule has 0 unspecified atom stereocenters. The van der Waals surface area contributed by atoms with E-state index in [2.05, 4.69) is 48.3 Å². The van der Waals surface area contributed by atoms with Crippen LogP contribution < -0.4 is 20.7 Å². The lowest BCUT2D eigenvalue weighted by atomic mass is 10.1. The van der Waals surface area contributed by atoms with Crippen LogP contribution in [0.25, 0.3) is 22.8 Å². The van der Waals surface area contributed by atoms with Crippen LogP contribution in [0.1, 0.15) is 12.0 Å². The van der Waals surface area contributed by atoms with Crippen molar-refractivity contribution in [3.8, 4) is 34.6 Å². The van der Waals surface area contributed by atoms with Crippen LogP contribution in [0.3, 0.4) is 0 Å². The Morgan fingerprint density at radius 1 is 1.07 bits per heavy atom. The van der Waals surface area contributed by atoms with Crippen LogP contribution in [0.5, 0.6) is 5.75 Å². The lowest BCUT2D eigenvalue weighted by molar-refractivity contribution is -0.0660.